The van der Waals surface area contributed by atoms with Gasteiger partial charge in [-0.3, -0.25) is 0 Å². The maximum atomic E-state index is 5.56. The number of nitrogens with zero attached hydrogens (tertiary/aromatic N) is 1. The van der Waals surface area contributed by atoms with Gasteiger partial charge in [0.1, 0.15) is 11.1 Å². The van der Waals surface area contributed by atoms with Crippen molar-refractivity contribution in [3.8, 4) is 0 Å². The number of aromatic nitrogens is 1. The average Bonchev–Trinajstić information content (AvgIpc) is 2.70. The topological polar surface area (TPSA) is 34.1 Å². The number of hydrogen-bond donors (Lipinski definition) is 1. The summed E-state index contributed by atoms with van der Waals surface area (Å²) >= 11 is 1.71. The molecule has 1 aliphatic heterocycles. The van der Waals surface area contributed by atoms with Gasteiger partial charge in [-0.05, 0) is 19.9 Å². The van der Waals surface area contributed by atoms with Gasteiger partial charge in [0, 0.05) is 18.5 Å². The minimum Gasteiger partial charge on any atom is -0.371 e. The van der Waals surface area contributed by atoms with Crippen LogP contribution in [0.4, 0.5) is 0 Å². The van der Waals surface area contributed by atoms with Gasteiger partial charge in [0.2, 0.25) is 0 Å². The largest absolute Gasteiger partial charge is 0.371 e. The van der Waals surface area contributed by atoms with Crippen LogP contribution in [0.2, 0.25) is 0 Å². The maximum Gasteiger partial charge on any atom is 0.122 e. The molecule has 1 aliphatic rings. The molecule has 13 heavy (non-hydrogen) atoms. The molecule has 0 aromatic carbocycles. The first kappa shape index (κ1) is 9.12. The van der Waals surface area contributed by atoms with Gasteiger partial charge in [0.15, 0.2) is 0 Å². The summed E-state index contributed by atoms with van der Waals surface area (Å²) in [6, 6.07) is 0. The van der Waals surface area contributed by atoms with E-state index in [1.807, 2.05) is 7.05 Å². The first-order chi connectivity index (χ1) is 6.40. The van der Waals surface area contributed by atoms with E-state index in [0.717, 1.165) is 30.3 Å². The molecule has 1 aromatic rings. The standard InChI is InChI=1S/C9H14N2OS/c1-10-5-7-6-13-9(11-7)8-3-2-4-12-8/h6,8,10H,2-5H2,1H3. The van der Waals surface area contributed by atoms with E-state index in [-0.39, 0.29) is 6.10 Å². The Morgan fingerprint density at radius 2 is 2.69 bits per heavy atom. The predicted octanol–water partition coefficient (Wildman–Crippen LogP) is 1.71. The van der Waals surface area contributed by atoms with Crippen LogP contribution in [0.1, 0.15) is 29.6 Å². The van der Waals surface area contributed by atoms with E-state index in [4.69, 9.17) is 4.74 Å². The Balaban J connectivity index is 2.03. The molecule has 3 nitrogen and oxygen atoms in total. The molecule has 0 spiro atoms. The monoisotopic (exact) mass is 198 g/mol. The number of hydrogen-bond acceptors (Lipinski definition) is 4. The Kier molecular flexibility index (Phi) is 2.93. The van der Waals surface area contributed by atoms with Crippen molar-refractivity contribution in [2.45, 2.75) is 25.5 Å². The Bertz CT molecular complexity index is 268. The molecule has 4 heteroatoms. The third kappa shape index (κ3) is 2.07. The van der Waals surface area contributed by atoms with Gasteiger partial charge in [-0.2, -0.15) is 0 Å². The number of thiazole rings is 1. The van der Waals surface area contributed by atoms with Gasteiger partial charge in [0.05, 0.1) is 5.69 Å². The summed E-state index contributed by atoms with van der Waals surface area (Å²) in [6.45, 7) is 1.74. The zero-order chi connectivity index (χ0) is 9.10. The molecule has 2 rings (SSSR count). The molecule has 72 valence electrons. The molecular weight excluding hydrogens is 184 g/mol. The van der Waals surface area contributed by atoms with Crippen molar-refractivity contribution >= 4 is 11.3 Å². The number of ether oxygens (including phenoxy) is 1. The van der Waals surface area contributed by atoms with Crippen LogP contribution in [0.3, 0.4) is 0 Å². The zero-order valence-electron chi connectivity index (χ0n) is 7.75. The SMILES string of the molecule is CNCc1csc(C2CCCO2)n1. The van der Waals surface area contributed by atoms with E-state index in [2.05, 4.69) is 15.7 Å². The van der Waals surface area contributed by atoms with Gasteiger partial charge < -0.3 is 10.1 Å². The van der Waals surface area contributed by atoms with Crippen LogP contribution in [0.5, 0.6) is 0 Å². The maximum absolute atomic E-state index is 5.56. The molecular formula is C9H14N2OS. The Labute approximate surface area is 82.1 Å². The first-order valence-corrected chi connectivity index (χ1v) is 5.48. The molecule has 1 N–H and O–H groups in total. The smallest absolute Gasteiger partial charge is 0.122 e. The second-order valence-corrected chi connectivity index (χ2v) is 4.10. The van der Waals surface area contributed by atoms with Crippen molar-refractivity contribution in [2.75, 3.05) is 13.7 Å². The third-order valence-electron chi connectivity index (χ3n) is 2.13. The van der Waals surface area contributed by atoms with E-state index < -0.39 is 0 Å². The van der Waals surface area contributed by atoms with Crippen molar-refractivity contribution in [1.29, 1.82) is 0 Å². The molecule has 1 aromatic heterocycles. The molecule has 0 amide bonds. The van der Waals surface area contributed by atoms with Gasteiger partial charge in [0.25, 0.3) is 0 Å². The lowest BCUT2D eigenvalue weighted by molar-refractivity contribution is 0.111. The van der Waals surface area contributed by atoms with Crippen LogP contribution in [0, 0.1) is 0 Å². The van der Waals surface area contributed by atoms with Crippen LogP contribution < -0.4 is 5.32 Å². The van der Waals surface area contributed by atoms with Crippen LogP contribution in [-0.4, -0.2) is 18.6 Å². The fraction of sp³-hybridized carbons (Fsp3) is 0.667. The van der Waals surface area contributed by atoms with E-state index in [0.29, 0.717) is 0 Å². The van der Waals surface area contributed by atoms with Gasteiger partial charge in [-0.25, -0.2) is 4.98 Å². The van der Waals surface area contributed by atoms with E-state index in [1.165, 1.54) is 6.42 Å². The molecule has 0 radical (unpaired) electrons. The Morgan fingerprint density at radius 3 is 3.38 bits per heavy atom. The molecule has 1 atom stereocenters. The highest BCUT2D eigenvalue weighted by Gasteiger charge is 2.20. The third-order valence-corrected chi connectivity index (χ3v) is 3.12. The van der Waals surface area contributed by atoms with Crippen molar-refractivity contribution in [3.63, 3.8) is 0 Å². The minimum absolute atomic E-state index is 0.274. The van der Waals surface area contributed by atoms with E-state index >= 15 is 0 Å². The summed E-state index contributed by atoms with van der Waals surface area (Å²) in [5.74, 6) is 0. The molecule has 1 saturated heterocycles. The van der Waals surface area contributed by atoms with Crippen molar-refractivity contribution in [2.24, 2.45) is 0 Å². The van der Waals surface area contributed by atoms with E-state index in [1.54, 1.807) is 11.3 Å². The van der Waals surface area contributed by atoms with Gasteiger partial charge >= 0.3 is 0 Å². The van der Waals surface area contributed by atoms with Crippen LogP contribution >= 0.6 is 11.3 Å². The highest BCUT2D eigenvalue weighted by atomic mass is 32.1. The first-order valence-electron chi connectivity index (χ1n) is 4.60. The summed E-state index contributed by atoms with van der Waals surface area (Å²) in [6.07, 6.45) is 2.58. The van der Waals surface area contributed by atoms with Crippen molar-refractivity contribution < 1.29 is 4.74 Å². The fourth-order valence-corrected chi connectivity index (χ4v) is 2.41. The molecule has 0 aliphatic carbocycles. The summed E-state index contributed by atoms with van der Waals surface area (Å²) in [4.78, 5) is 4.51. The summed E-state index contributed by atoms with van der Waals surface area (Å²) in [5.41, 5.74) is 1.12. The van der Waals surface area contributed by atoms with Crippen molar-refractivity contribution in [3.05, 3.63) is 16.1 Å². The zero-order valence-corrected chi connectivity index (χ0v) is 8.56. The molecule has 0 bridgehead atoms. The highest BCUT2D eigenvalue weighted by Crippen LogP contribution is 2.30. The Morgan fingerprint density at radius 1 is 1.77 bits per heavy atom. The lowest BCUT2D eigenvalue weighted by Crippen LogP contribution is -2.05. The molecule has 0 saturated carbocycles. The number of nitrogens with one attached hydrogen (secondary N) is 1. The Hall–Kier alpha value is -0.450. The lowest BCUT2D eigenvalue weighted by atomic mass is 10.2. The second kappa shape index (κ2) is 4.17. The van der Waals surface area contributed by atoms with Crippen LogP contribution in [0.25, 0.3) is 0 Å². The molecule has 1 fully saturated rings. The predicted molar refractivity (Wildman–Crippen MR) is 52.8 cm³/mol. The normalized spacial score (nSPS) is 22.4. The quantitative estimate of drug-likeness (QED) is 0.803. The lowest BCUT2D eigenvalue weighted by Gasteiger charge is -2.03. The highest BCUT2D eigenvalue weighted by molar-refractivity contribution is 7.09. The molecule has 1 unspecified atom stereocenters. The summed E-state index contributed by atoms with van der Waals surface area (Å²) in [5, 5.41) is 6.34. The summed E-state index contributed by atoms with van der Waals surface area (Å²) in [7, 11) is 1.94. The van der Waals surface area contributed by atoms with Crippen LogP contribution in [-0.2, 0) is 11.3 Å². The van der Waals surface area contributed by atoms with E-state index in [9.17, 15) is 0 Å². The van der Waals surface area contributed by atoms with Gasteiger partial charge in [-0.1, -0.05) is 0 Å². The van der Waals surface area contributed by atoms with Crippen molar-refractivity contribution in [1.82, 2.24) is 10.3 Å². The molecule has 2 heterocycles. The second-order valence-electron chi connectivity index (χ2n) is 3.21. The van der Waals surface area contributed by atoms with Gasteiger partial charge in [-0.15, -0.1) is 11.3 Å². The fourth-order valence-electron chi connectivity index (χ4n) is 1.51. The number of rotatable bonds is 3. The average molecular weight is 198 g/mol. The summed E-state index contributed by atoms with van der Waals surface area (Å²) < 4.78 is 5.56. The minimum atomic E-state index is 0.274. The van der Waals surface area contributed by atoms with Crippen LogP contribution in [0.15, 0.2) is 5.38 Å².